The van der Waals surface area contributed by atoms with E-state index in [9.17, 15) is 4.79 Å². The molecule has 3 atom stereocenters. The third-order valence-electron chi connectivity index (χ3n) is 3.57. The summed E-state index contributed by atoms with van der Waals surface area (Å²) in [5.41, 5.74) is 3.89. The number of aryl methyl sites for hydroxylation is 1. The summed E-state index contributed by atoms with van der Waals surface area (Å²) in [7, 11) is 0. The fourth-order valence-electron chi connectivity index (χ4n) is 2.85. The number of hydrogen-bond acceptors (Lipinski definition) is 1. The number of carboxylic acids is 1. The molecule has 1 fully saturated rings. The Morgan fingerprint density at radius 3 is 3.00 bits per heavy atom. The summed E-state index contributed by atoms with van der Waals surface area (Å²) in [6.07, 6.45) is 0.969. The maximum absolute atomic E-state index is 10.9. The van der Waals surface area contributed by atoms with Crippen LogP contribution in [0.5, 0.6) is 0 Å². The molecular weight excluding hydrogens is 176 g/mol. The molecule has 1 saturated carbocycles. The van der Waals surface area contributed by atoms with Gasteiger partial charge in [-0.25, -0.2) is 0 Å². The minimum absolute atomic E-state index is 0.0932. The summed E-state index contributed by atoms with van der Waals surface area (Å²) in [5.74, 6) is 0.00292. The van der Waals surface area contributed by atoms with Crippen LogP contribution in [0.3, 0.4) is 0 Å². The van der Waals surface area contributed by atoms with Gasteiger partial charge < -0.3 is 5.11 Å². The van der Waals surface area contributed by atoms with Crippen molar-refractivity contribution in [2.24, 2.45) is 11.8 Å². The third-order valence-corrected chi connectivity index (χ3v) is 3.57. The Labute approximate surface area is 82.6 Å². The minimum atomic E-state index is -0.618. The van der Waals surface area contributed by atoms with Gasteiger partial charge in [0.05, 0.1) is 5.92 Å². The van der Waals surface area contributed by atoms with Gasteiger partial charge in [0.15, 0.2) is 0 Å². The van der Waals surface area contributed by atoms with Gasteiger partial charge in [-0.2, -0.15) is 0 Å². The highest BCUT2D eigenvalue weighted by molar-refractivity contribution is 5.77. The lowest BCUT2D eigenvalue weighted by molar-refractivity contribution is -0.139. The van der Waals surface area contributed by atoms with Crippen molar-refractivity contribution in [1.29, 1.82) is 0 Å². The van der Waals surface area contributed by atoms with Crippen LogP contribution in [0, 0.1) is 18.8 Å². The van der Waals surface area contributed by atoms with Crippen molar-refractivity contribution >= 4 is 5.97 Å². The Balaban J connectivity index is 2.01. The van der Waals surface area contributed by atoms with Crippen LogP contribution in [0.15, 0.2) is 18.2 Å². The van der Waals surface area contributed by atoms with Crippen LogP contribution >= 0.6 is 0 Å². The Kier molecular flexibility index (Phi) is 1.37. The van der Waals surface area contributed by atoms with Gasteiger partial charge in [0.2, 0.25) is 0 Å². The van der Waals surface area contributed by atoms with Crippen LogP contribution < -0.4 is 0 Å². The van der Waals surface area contributed by atoms with Crippen LogP contribution in [-0.2, 0) is 11.2 Å². The van der Waals surface area contributed by atoms with E-state index in [2.05, 4.69) is 25.1 Å². The molecule has 2 nitrogen and oxygen atoms in total. The number of aliphatic carboxylic acids is 1. The predicted octanol–water partition coefficient (Wildman–Crippen LogP) is 1.97. The molecule has 0 amide bonds. The number of hydrogen-bond donors (Lipinski definition) is 1. The summed E-state index contributed by atoms with van der Waals surface area (Å²) in [6.45, 7) is 2.06. The number of benzene rings is 1. The molecule has 0 aromatic heterocycles. The molecule has 0 aliphatic heterocycles. The van der Waals surface area contributed by atoms with Gasteiger partial charge in [-0.3, -0.25) is 4.79 Å². The SMILES string of the molecule is Cc1ccc2c(c1)[C@@H]1[C@H](C2)[C@@H]1C(=O)O. The Bertz CT molecular complexity index is 422. The van der Waals surface area contributed by atoms with Crippen molar-refractivity contribution in [1.82, 2.24) is 0 Å². The van der Waals surface area contributed by atoms with E-state index in [1.165, 1.54) is 16.7 Å². The zero-order valence-electron chi connectivity index (χ0n) is 8.03. The highest BCUT2D eigenvalue weighted by atomic mass is 16.4. The molecule has 1 N–H and O–H groups in total. The average Bonchev–Trinajstić information content (AvgIpc) is 2.73. The molecule has 0 saturated heterocycles. The monoisotopic (exact) mass is 188 g/mol. The molecule has 0 radical (unpaired) electrons. The van der Waals surface area contributed by atoms with Gasteiger partial charge in [0.1, 0.15) is 0 Å². The van der Waals surface area contributed by atoms with Gasteiger partial charge in [0.25, 0.3) is 0 Å². The molecule has 2 aliphatic rings. The van der Waals surface area contributed by atoms with E-state index in [0.717, 1.165) is 6.42 Å². The fraction of sp³-hybridized carbons (Fsp3) is 0.417. The molecule has 2 aliphatic carbocycles. The summed E-state index contributed by atoms with van der Waals surface area (Å²) >= 11 is 0. The van der Waals surface area contributed by atoms with Gasteiger partial charge in [-0.1, -0.05) is 23.8 Å². The largest absolute Gasteiger partial charge is 0.481 e. The van der Waals surface area contributed by atoms with Gasteiger partial charge in [0, 0.05) is 5.92 Å². The number of fused-ring (bicyclic) bond motifs is 3. The van der Waals surface area contributed by atoms with Crippen molar-refractivity contribution in [3.8, 4) is 0 Å². The van der Waals surface area contributed by atoms with Crippen molar-refractivity contribution in [2.75, 3.05) is 0 Å². The minimum Gasteiger partial charge on any atom is -0.481 e. The summed E-state index contributed by atoms with van der Waals surface area (Å²) < 4.78 is 0. The lowest BCUT2D eigenvalue weighted by Gasteiger charge is -2.05. The van der Waals surface area contributed by atoms with E-state index in [1.807, 2.05) is 0 Å². The quantitative estimate of drug-likeness (QED) is 0.731. The zero-order valence-corrected chi connectivity index (χ0v) is 8.03. The van der Waals surface area contributed by atoms with E-state index < -0.39 is 5.97 Å². The third kappa shape index (κ3) is 0.884. The molecule has 0 unspecified atom stereocenters. The van der Waals surface area contributed by atoms with Crippen LogP contribution in [0.2, 0.25) is 0 Å². The summed E-state index contributed by atoms with van der Waals surface area (Å²) in [5, 5.41) is 8.95. The van der Waals surface area contributed by atoms with Crippen LogP contribution in [-0.4, -0.2) is 11.1 Å². The smallest absolute Gasteiger partial charge is 0.307 e. The van der Waals surface area contributed by atoms with E-state index in [0.29, 0.717) is 11.8 Å². The highest BCUT2D eigenvalue weighted by Crippen LogP contribution is 2.61. The molecule has 3 rings (SSSR count). The molecule has 0 bridgehead atoms. The van der Waals surface area contributed by atoms with Crippen molar-refractivity contribution < 1.29 is 9.90 Å². The molecule has 1 aromatic carbocycles. The highest BCUT2D eigenvalue weighted by Gasteiger charge is 2.59. The number of carbonyl (C=O) groups is 1. The van der Waals surface area contributed by atoms with Gasteiger partial charge in [-0.15, -0.1) is 0 Å². The first-order valence-corrected chi connectivity index (χ1v) is 5.00. The van der Waals surface area contributed by atoms with E-state index >= 15 is 0 Å². The zero-order chi connectivity index (χ0) is 9.87. The first-order valence-electron chi connectivity index (χ1n) is 5.00. The average molecular weight is 188 g/mol. The molecule has 72 valence electrons. The second-order valence-electron chi connectivity index (χ2n) is 4.46. The second kappa shape index (κ2) is 2.38. The molecule has 14 heavy (non-hydrogen) atoms. The Morgan fingerprint density at radius 1 is 1.50 bits per heavy atom. The first kappa shape index (κ1) is 8.04. The van der Waals surface area contributed by atoms with Crippen molar-refractivity contribution in [2.45, 2.75) is 19.3 Å². The Hall–Kier alpha value is -1.31. The molecule has 0 spiro atoms. The maximum Gasteiger partial charge on any atom is 0.307 e. The van der Waals surface area contributed by atoms with E-state index in [1.54, 1.807) is 0 Å². The standard InChI is InChI=1S/C12H12O2/c1-6-2-3-7-5-9-10(8(7)4-6)11(9)12(13)14/h2-4,9-11H,5H2,1H3,(H,13,14)/t9-,10+,11-/m0/s1. The van der Waals surface area contributed by atoms with Crippen molar-refractivity contribution in [3.05, 3.63) is 34.9 Å². The lowest BCUT2D eigenvalue weighted by atomic mass is 10.0. The fourth-order valence-corrected chi connectivity index (χ4v) is 2.85. The molecular formula is C12H12O2. The molecule has 1 aromatic rings. The summed E-state index contributed by atoms with van der Waals surface area (Å²) in [4.78, 5) is 10.9. The number of carboxylic acid groups (broad SMARTS) is 1. The first-order chi connectivity index (χ1) is 6.68. The number of rotatable bonds is 1. The summed E-state index contributed by atoms with van der Waals surface area (Å²) in [6, 6.07) is 6.41. The van der Waals surface area contributed by atoms with Crippen LogP contribution in [0.1, 0.15) is 22.6 Å². The van der Waals surface area contributed by atoms with Crippen LogP contribution in [0.25, 0.3) is 0 Å². The normalized spacial score (nSPS) is 32.2. The topological polar surface area (TPSA) is 37.3 Å². The predicted molar refractivity (Wildman–Crippen MR) is 52.2 cm³/mol. The van der Waals surface area contributed by atoms with E-state index in [-0.39, 0.29) is 5.92 Å². The Morgan fingerprint density at radius 2 is 2.29 bits per heavy atom. The van der Waals surface area contributed by atoms with E-state index in [4.69, 9.17) is 5.11 Å². The maximum atomic E-state index is 10.9. The second-order valence-corrected chi connectivity index (χ2v) is 4.46. The lowest BCUT2D eigenvalue weighted by Crippen LogP contribution is -2.05. The van der Waals surface area contributed by atoms with Gasteiger partial charge in [-0.05, 0) is 30.4 Å². The molecule has 2 heteroatoms. The molecule has 0 heterocycles. The van der Waals surface area contributed by atoms with Gasteiger partial charge >= 0.3 is 5.97 Å². The van der Waals surface area contributed by atoms with Crippen molar-refractivity contribution in [3.63, 3.8) is 0 Å². The van der Waals surface area contributed by atoms with Crippen LogP contribution in [0.4, 0.5) is 0 Å².